The smallest absolute Gasteiger partial charge is 0.264 e. The van der Waals surface area contributed by atoms with Crippen LogP contribution in [0.25, 0.3) is 11.3 Å². The summed E-state index contributed by atoms with van der Waals surface area (Å²) in [7, 11) is -3.74. The number of aromatic nitrogens is 2. The Bertz CT molecular complexity index is 1000. The molecule has 26 heavy (non-hydrogen) atoms. The summed E-state index contributed by atoms with van der Waals surface area (Å²) in [6.45, 7) is 4.15. The van der Waals surface area contributed by atoms with Gasteiger partial charge in [0, 0.05) is 22.8 Å². The molecule has 1 heterocycles. The third-order valence-corrected chi connectivity index (χ3v) is 5.32. The molecule has 0 aliphatic rings. The summed E-state index contributed by atoms with van der Waals surface area (Å²) in [5, 5.41) is 0. The number of halogens is 2. The lowest BCUT2D eigenvalue weighted by Crippen LogP contribution is -2.16. The van der Waals surface area contributed by atoms with E-state index in [4.69, 9.17) is 0 Å². The predicted octanol–water partition coefficient (Wildman–Crippen LogP) is 4.88. The Morgan fingerprint density at radius 3 is 2.54 bits per heavy atom. The lowest BCUT2D eigenvalue weighted by molar-refractivity contribution is 0.600. The predicted molar refractivity (Wildman–Crippen MR) is 113 cm³/mol. The molecule has 136 valence electrons. The topological polar surface area (TPSA) is 64.0 Å². The van der Waals surface area contributed by atoms with Gasteiger partial charge in [-0.1, -0.05) is 58.4 Å². The first-order valence-corrected chi connectivity index (χ1v) is 9.79. The number of imidazole rings is 1. The molecule has 8 heteroatoms. The third-order valence-electron chi connectivity index (χ3n) is 3.50. The molecular formula is C18H17Br2N3O2S. The molecule has 3 rings (SSSR count). The molecule has 0 bridgehead atoms. The molecule has 3 aromatic rings. The number of hydrogen-bond donors (Lipinski definition) is 1. The Kier molecular flexibility index (Phi) is 6.80. The van der Waals surface area contributed by atoms with Gasteiger partial charge in [-0.2, -0.15) is 0 Å². The second kappa shape index (κ2) is 8.66. The zero-order valence-corrected chi connectivity index (χ0v) is 17.8. The van der Waals surface area contributed by atoms with Crippen molar-refractivity contribution in [2.75, 3.05) is 4.72 Å². The Morgan fingerprint density at radius 1 is 1.15 bits per heavy atom. The van der Waals surface area contributed by atoms with Crippen LogP contribution in [-0.2, 0) is 16.6 Å². The summed E-state index contributed by atoms with van der Waals surface area (Å²) in [4.78, 5) is 4.61. The van der Waals surface area contributed by atoms with Crippen LogP contribution < -0.4 is 4.72 Å². The fourth-order valence-corrected chi connectivity index (χ4v) is 3.95. The molecule has 0 radical (unpaired) electrons. The van der Waals surface area contributed by atoms with E-state index < -0.39 is 10.0 Å². The standard InChI is InChI=1S/C18H16BrN3O2S.BrH/c1-2-11-22-13-17(14-7-4-3-5-8-14)20-18(22)21-25(23,24)16-10-6-9-15(19)12-16;/h2-10,12-13H,1,11H2,(H,20,21);1H. The summed E-state index contributed by atoms with van der Waals surface area (Å²) in [5.74, 6) is 0.249. The molecule has 0 saturated carbocycles. The molecule has 2 aromatic carbocycles. The first-order valence-electron chi connectivity index (χ1n) is 7.51. The van der Waals surface area contributed by atoms with Crippen LogP contribution in [0.2, 0.25) is 0 Å². The largest absolute Gasteiger partial charge is 0.312 e. The van der Waals surface area contributed by atoms with Gasteiger partial charge in [-0.25, -0.2) is 18.1 Å². The number of nitrogens with one attached hydrogen (secondary N) is 1. The van der Waals surface area contributed by atoms with Crippen LogP contribution in [-0.4, -0.2) is 18.0 Å². The van der Waals surface area contributed by atoms with Gasteiger partial charge in [-0.05, 0) is 18.2 Å². The van der Waals surface area contributed by atoms with Gasteiger partial charge in [0.25, 0.3) is 10.0 Å². The minimum absolute atomic E-state index is 0. The van der Waals surface area contributed by atoms with Gasteiger partial charge in [0.2, 0.25) is 5.95 Å². The molecule has 0 spiro atoms. The molecule has 0 atom stereocenters. The molecule has 1 aromatic heterocycles. The second-order valence-corrected chi connectivity index (χ2v) is 7.92. The highest BCUT2D eigenvalue weighted by Crippen LogP contribution is 2.24. The van der Waals surface area contributed by atoms with Crippen LogP contribution in [0.5, 0.6) is 0 Å². The summed E-state index contributed by atoms with van der Waals surface area (Å²) < 4.78 is 30.3. The number of sulfonamides is 1. The van der Waals surface area contributed by atoms with Crippen molar-refractivity contribution in [3.05, 3.63) is 77.9 Å². The van der Waals surface area contributed by atoms with E-state index in [1.54, 1.807) is 35.0 Å². The van der Waals surface area contributed by atoms with Gasteiger partial charge >= 0.3 is 0 Å². The molecule has 0 aliphatic heterocycles. The van der Waals surface area contributed by atoms with E-state index in [9.17, 15) is 8.42 Å². The van der Waals surface area contributed by atoms with Gasteiger partial charge in [-0.15, -0.1) is 23.6 Å². The Labute approximate surface area is 171 Å². The fourth-order valence-electron chi connectivity index (χ4n) is 2.34. The summed E-state index contributed by atoms with van der Waals surface area (Å²) >= 11 is 3.29. The van der Waals surface area contributed by atoms with E-state index in [-0.39, 0.29) is 27.8 Å². The van der Waals surface area contributed by atoms with Crippen molar-refractivity contribution in [1.82, 2.24) is 9.55 Å². The van der Waals surface area contributed by atoms with Gasteiger partial charge in [0.15, 0.2) is 0 Å². The Balaban J connectivity index is 0.00000243. The van der Waals surface area contributed by atoms with Gasteiger partial charge in [0.1, 0.15) is 0 Å². The molecule has 0 amide bonds. The minimum Gasteiger partial charge on any atom is -0.312 e. The van der Waals surface area contributed by atoms with Crippen LogP contribution in [0.1, 0.15) is 0 Å². The highest BCUT2D eigenvalue weighted by atomic mass is 79.9. The van der Waals surface area contributed by atoms with Crippen LogP contribution in [0, 0.1) is 0 Å². The normalized spacial score (nSPS) is 10.8. The number of rotatable bonds is 6. The van der Waals surface area contributed by atoms with Crippen LogP contribution in [0.3, 0.4) is 0 Å². The Morgan fingerprint density at radius 2 is 1.88 bits per heavy atom. The molecule has 1 N–H and O–H groups in total. The average molecular weight is 499 g/mol. The van der Waals surface area contributed by atoms with E-state index in [2.05, 4.69) is 32.2 Å². The third kappa shape index (κ3) is 4.63. The molecular weight excluding hydrogens is 482 g/mol. The number of nitrogens with zero attached hydrogens (tertiary/aromatic N) is 2. The maximum atomic E-state index is 12.6. The van der Waals surface area contributed by atoms with Crippen molar-refractivity contribution in [3.8, 4) is 11.3 Å². The minimum atomic E-state index is -3.74. The Hall–Kier alpha value is -1.90. The highest BCUT2D eigenvalue weighted by Gasteiger charge is 2.18. The molecule has 0 unspecified atom stereocenters. The van der Waals surface area contributed by atoms with Gasteiger partial charge < -0.3 is 4.57 Å². The van der Waals surface area contributed by atoms with Gasteiger partial charge in [0.05, 0.1) is 10.6 Å². The number of benzene rings is 2. The van der Waals surface area contributed by atoms with Gasteiger partial charge in [-0.3, -0.25) is 0 Å². The molecule has 0 saturated heterocycles. The summed E-state index contributed by atoms with van der Waals surface area (Å²) in [6, 6.07) is 16.1. The molecule has 0 aliphatic carbocycles. The van der Waals surface area contributed by atoms with Crippen molar-refractivity contribution < 1.29 is 8.42 Å². The van der Waals surface area contributed by atoms with Crippen LogP contribution in [0.4, 0.5) is 5.95 Å². The van der Waals surface area contributed by atoms with Crippen LogP contribution >= 0.6 is 32.9 Å². The quantitative estimate of drug-likeness (QED) is 0.492. The molecule has 5 nitrogen and oxygen atoms in total. The maximum Gasteiger partial charge on any atom is 0.264 e. The van der Waals surface area contributed by atoms with Crippen molar-refractivity contribution in [1.29, 1.82) is 0 Å². The van der Waals surface area contributed by atoms with Crippen molar-refractivity contribution in [3.63, 3.8) is 0 Å². The van der Waals surface area contributed by atoms with E-state index in [0.717, 1.165) is 5.56 Å². The van der Waals surface area contributed by atoms with Crippen LogP contribution in [0.15, 0.2) is 82.8 Å². The highest BCUT2D eigenvalue weighted by molar-refractivity contribution is 9.10. The SMILES string of the molecule is Br.C=CCn1cc(-c2ccccc2)nc1NS(=O)(=O)c1cccc(Br)c1. The lowest BCUT2D eigenvalue weighted by Gasteiger charge is -2.09. The number of anilines is 1. The summed E-state index contributed by atoms with van der Waals surface area (Å²) in [5.41, 5.74) is 1.60. The van der Waals surface area contributed by atoms with Crippen molar-refractivity contribution in [2.45, 2.75) is 11.4 Å². The average Bonchev–Trinajstić information content (AvgIpc) is 2.98. The first-order chi connectivity index (χ1) is 12.0. The zero-order valence-electron chi connectivity index (χ0n) is 13.7. The number of allylic oxidation sites excluding steroid dienone is 1. The van der Waals surface area contributed by atoms with Crippen molar-refractivity contribution >= 4 is 48.9 Å². The van der Waals surface area contributed by atoms with Crippen molar-refractivity contribution in [2.24, 2.45) is 0 Å². The zero-order chi connectivity index (χ0) is 17.9. The molecule has 0 fully saturated rings. The van der Waals surface area contributed by atoms with E-state index in [1.807, 2.05) is 30.3 Å². The monoisotopic (exact) mass is 497 g/mol. The second-order valence-electron chi connectivity index (χ2n) is 5.32. The summed E-state index contributed by atoms with van der Waals surface area (Å²) in [6.07, 6.45) is 3.49. The fraction of sp³-hybridized carbons (Fsp3) is 0.0556. The number of hydrogen-bond acceptors (Lipinski definition) is 3. The van der Waals surface area contributed by atoms with E-state index in [1.165, 1.54) is 6.07 Å². The maximum absolute atomic E-state index is 12.6. The van der Waals surface area contributed by atoms with E-state index in [0.29, 0.717) is 16.7 Å². The van der Waals surface area contributed by atoms with E-state index >= 15 is 0 Å². The first kappa shape index (κ1) is 20.4. The lowest BCUT2D eigenvalue weighted by atomic mass is 10.2.